The van der Waals surface area contributed by atoms with E-state index in [0.29, 0.717) is 6.42 Å². The van der Waals surface area contributed by atoms with E-state index in [0.717, 1.165) is 16.1 Å². The van der Waals surface area contributed by atoms with Gasteiger partial charge in [0.25, 0.3) is 0 Å². The molecule has 78 valence electrons. The molecule has 2 rings (SSSR count). The van der Waals surface area contributed by atoms with Gasteiger partial charge in [-0.1, -0.05) is 28.1 Å². The first kappa shape index (κ1) is 10.2. The third-order valence-electron chi connectivity index (χ3n) is 2.18. The van der Waals surface area contributed by atoms with Gasteiger partial charge in [-0.15, -0.1) is 0 Å². The minimum Gasteiger partial charge on any atom is -0.512 e. The standard InChI is InChI=1S/C11H9BrO3/c12-8-3-1-7(2-4-8)10-5-9(13)6-11(14)15-10/h1-4,6,10,13H,5H2. The van der Waals surface area contributed by atoms with Gasteiger partial charge in [0, 0.05) is 10.9 Å². The minimum absolute atomic E-state index is 0.0687. The second-order valence-electron chi connectivity index (χ2n) is 3.32. The van der Waals surface area contributed by atoms with E-state index in [1.54, 1.807) is 0 Å². The number of hydrogen-bond acceptors (Lipinski definition) is 3. The summed E-state index contributed by atoms with van der Waals surface area (Å²) in [5.41, 5.74) is 0.881. The van der Waals surface area contributed by atoms with E-state index in [9.17, 15) is 9.90 Å². The molecule has 0 amide bonds. The highest BCUT2D eigenvalue weighted by atomic mass is 79.9. The predicted molar refractivity (Wildman–Crippen MR) is 58.3 cm³/mol. The maximum absolute atomic E-state index is 11.1. The van der Waals surface area contributed by atoms with Crippen LogP contribution in [0.25, 0.3) is 0 Å². The number of benzene rings is 1. The van der Waals surface area contributed by atoms with Crippen molar-refractivity contribution in [2.45, 2.75) is 12.5 Å². The van der Waals surface area contributed by atoms with Crippen molar-refractivity contribution in [3.05, 3.63) is 46.1 Å². The predicted octanol–water partition coefficient (Wildman–Crippen LogP) is 2.88. The van der Waals surface area contributed by atoms with Crippen LogP contribution in [0.4, 0.5) is 0 Å². The lowest BCUT2D eigenvalue weighted by Crippen LogP contribution is -2.15. The fourth-order valence-corrected chi connectivity index (χ4v) is 1.73. The summed E-state index contributed by atoms with van der Waals surface area (Å²) >= 11 is 3.32. The third-order valence-corrected chi connectivity index (χ3v) is 2.71. The molecule has 1 aromatic carbocycles. The number of esters is 1. The smallest absolute Gasteiger partial charge is 0.334 e. The lowest BCUT2D eigenvalue weighted by molar-refractivity contribution is -0.145. The van der Waals surface area contributed by atoms with Crippen LogP contribution in [-0.4, -0.2) is 11.1 Å². The molecular formula is C11H9BrO3. The molecule has 1 heterocycles. The van der Waals surface area contributed by atoms with Crippen molar-refractivity contribution in [1.29, 1.82) is 0 Å². The molecule has 0 aliphatic carbocycles. The Labute approximate surface area is 95.5 Å². The van der Waals surface area contributed by atoms with Gasteiger partial charge in [0.1, 0.15) is 11.9 Å². The molecule has 3 nitrogen and oxygen atoms in total. The molecule has 0 spiro atoms. The molecule has 0 aromatic heterocycles. The van der Waals surface area contributed by atoms with Gasteiger partial charge in [0.05, 0.1) is 6.08 Å². The number of rotatable bonds is 1. The number of carbonyl (C=O) groups is 1. The highest BCUT2D eigenvalue weighted by molar-refractivity contribution is 9.10. The van der Waals surface area contributed by atoms with E-state index >= 15 is 0 Å². The van der Waals surface area contributed by atoms with Gasteiger partial charge < -0.3 is 9.84 Å². The maximum atomic E-state index is 11.1. The summed E-state index contributed by atoms with van der Waals surface area (Å²) in [6, 6.07) is 7.47. The van der Waals surface area contributed by atoms with Gasteiger partial charge in [0.2, 0.25) is 0 Å². The Morgan fingerprint density at radius 1 is 1.33 bits per heavy atom. The summed E-state index contributed by atoms with van der Waals surface area (Å²) in [6.45, 7) is 0. The highest BCUT2D eigenvalue weighted by Crippen LogP contribution is 2.28. The highest BCUT2D eigenvalue weighted by Gasteiger charge is 2.22. The summed E-state index contributed by atoms with van der Waals surface area (Å²) in [6.07, 6.45) is 1.07. The summed E-state index contributed by atoms with van der Waals surface area (Å²) in [5.74, 6) is -0.425. The van der Waals surface area contributed by atoms with Crippen molar-refractivity contribution in [2.75, 3.05) is 0 Å². The lowest BCUT2D eigenvalue weighted by atomic mass is 10.0. The lowest BCUT2D eigenvalue weighted by Gasteiger charge is -2.20. The molecule has 0 saturated carbocycles. The average molecular weight is 269 g/mol. The van der Waals surface area contributed by atoms with Crippen LogP contribution in [0.1, 0.15) is 18.1 Å². The summed E-state index contributed by atoms with van der Waals surface area (Å²) in [4.78, 5) is 11.1. The monoisotopic (exact) mass is 268 g/mol. The van der Waals surface area contributed by atoms with Crippen LogP contribution in [0.15, 0.2) is 40.6 Å². The van der Waals surface area contributed by atoms with Gasteiger partial charge in [-0.25, -0.2) is 4.79 Å². The molecular weight excluding hydrogens is 260 g/mol. The van der Waals surface area contributed by atoms with Crippen molar-refractivity contribution in [1.82, 2.24) is 0 Å². The zero-order valence-corrected chi connectivity index (χ0v) is 9.40. The first-order valence-corrected chi connectivity index (χ1v) is 5.30. The minimum atomic E-state index is -0.494. The summed E-state index contributed by atoms with van der Waals surface area (Å²) in [5, 5.41) is 9.32. The number of aliphatic hydroxyl groups excluding tert-OH is 1. The number of hydrogen-bond donors (Lipinski definition) is 1. The topological polar surface area (TPSA) is 46.5 Å². The van der Waals surface area contributed by atoms with E-state index in [1.807, 2.05) is 24.3 Å². The van der Waals surface area contributed by atoms with Crippen LogP contribution in [0.3, 0.4) is 0 Å². The Balaban J connectivity index is 2.22. The molecule has 1 aromatic rings. The fraction of sp³-hybridized carbons (Fsp3) is 0.182. The third kappa shape index (κ3) is 2.39. The molecule has 1 unspecified atom stereocenters. The maximum Gasteiger partial charge on any atom is 0.334 e. The number of halogens is 1. The van der Waals surface area contributed by atoms with Gasteiger partial charge in [0.15, 0.2) is 0 Å². The summed E-state index contributed by atoms with van der Waals surface area (Å²) < 4.78 is 6.06. The van der Waals surface area contributed by atoms with E-state index < -0.39 is 5.97 Å². The average Bonchev–Trinajstić information content (AvgIpc) is 2.17. The first-order valence-electron chi connectivity index (χ1n) is 4.51. The van der Waals surface area contributed by atoms with Gasteiger partial charge >= 0.3 is 5.97 Å². The molecule has 0 bridgehead atoms. The van der Waals surface area contributed by atoms with Crippen molar-refractivity contribution >= 4 is 21.9 Å². The van der Waals surface area contributed by atoms with Crippen LogP contribution >= 0.6 is 15.9 Å². The summed E-state index contributed by atoms with van der Waals surface area (Å²) in [7, 11) is 0. The van der Waals surface area contributed by atoms with Crippen LogP contribution in [-0.2, 0) is 9.53 Å². The molecule has 0 fully saturated rings. The van der Waals surface area contributed by atoms with Crippen LogP contribution in [0, 0.1) is 0 Å². The Morgan fingerprint density at radius 3 is 2.60 bits per heavy atom. The van der Waals surface area contributed by atoms with Gasteiger partial charge in [-0.2, -0.15) is 0 Å². The molecule has 1 aliphatic heterocycles. The Kier molecular flexibility index (Phi) is 2.77. The molecule has 1 aliphatic rings. The van der Waals surface area contributed by atoms with E-state index in [1.165, 1.54) is 0 Å². The second kappa shape index (κ2) is 4.06. The largest absolute Gasteiger partial charge is 0.512 e. The molecule has 1 N–H and O–H groups in total. The molecule has 1 atom stereocenters. The number of carbonyl (C=O) groups excluding carboxylic acids is 1. The van der Waals surface area contributed by atoms with Crippen LogP contribution in [0.2, 0.25) is 0 Å². The molecule has 4 heteroatoms. The fourth-order valence-electron chi connectivity index (χ4n) is 1.46. The number of ether oxygens (including phenoxy) is 1. The quantitative estimate of drug-likeness (QED) is 0.797. The van der Waals surface area contributed by atoms with Crippen LogP contribution in [0.5, 0.6) is 0 Å². The van der Waals surface area contributed by atoms with Crippen molar-refractivity contribution in [2.24, 2.45) is 0 Å². The van der Waals surface area contributed by atoms with Gasteiger partial charge in [-0.05, 0) is 17.7 Å². The Bertz CT molecular complexity index is 408. The Morgan fingerprint density at radius 2 is 2.00 bits per heavy atom. The zero-order valence-electron chi connectivity index (χ0n) is 7.81. The van der Waals surface area contributed by atoms with E-state index in [2.05, 4.69) is 15.9 Å². The number of cyclic esters (lactones) is 1. The zero-order chi connectivity index (χ0) is 10.8. The van der Waals surface area contributed by atoms with Crippen LogP contribution < -0.4 is 0 Å². The Hall–Kier alpha value is -1.29. The molecule has 0 radical (unpaired) electrons. The van der Waals surface area contributed by atoms with E-state index in [4.69, 9.17) is 4.74 Å². The van der Waals surface area contributed by atoms with Crippen molar-refractivity contribution in [3.63, 3.8) is 0 Å². The molecule has 15 heavy (non-hydrogen) atoms. The SMILES string of the molecule is O=C1C=C(O)CC(c2ccc(Br)cc2)O1. The normalized spacial score (nSPS) is 20.7. The number of aliphatic hydroxyl groups is 1. The van der Waals surface area contributed by atoms with Gasteiger partial charge in [-0.3, -0.25) is 0 Å². The first-order chi connectivity index (χ1) is 7.15. The van der Waals surface area contributed by atoms with Crippen molar-refractivity contribution < 1.29 is 14.6 Å². The second-order valence-corrected chi connectivity index (χ2v) is 4.23. The van der Waals surface area contributed by atoms with Crippen molar-refractivity contribution in [3.8, 4) is 0 Å². The van der Waals surface area contributed by atoms with E-state index in [-0.39, 0.29) is 11.9 Å². The molecule has 0 saturated heterocycles.